The van der Waals surface area contributed by atoms with E-state index in [0.717, 1.165) is 37.2 Å². The van der Waals surface area contributed by atoms with Crippen LogP contribution >= 0.6 is 0 Å². The predicted molar refractivity (Wildman–Crippen MR) is 76.5 cm³/mol. The molecule has 0 spiro atoms. The highest BCUT2D eigenvalue weighted by Crippen LogP contribution is 2.39. The third-order valence-electron chi connectivity index (χ3n) is 5.13. The molecule has 2 aliphatic rings. The Morgan fingerprint density at radius 2 is 1.78 bits per heavy atom. The lowest BCUT2D eigenvalue weighted by Gasteiger charge is -2.41. The molecule has 0 aromatic rings. The first-order valence-electron chi connectivity index (χ1n) is 8.07. The zero-order valence-corrected chi connectivity index (χ0v) is 12.2. The summed E-state index contributed by atoms with van der Waals surface area (Å²) in [5, 5.41) is 0. The van der Waals surface area contributed by atoms with Crippen LogP contribution in [0.4, 0.5) is 0 Å². The van der Waals surface area contributed by atoms with E-state index in [2.05, 4.69) is 13.8 Å². The van der Waals surface area contributed by atoms with Crippen molar-refractivity contribution in [2.75, 3.05) is 6.61 Å². The lowest BCUT2D eigenvalue weighted by molar-refractivity contribution is -0.000738. The minimum absolute atomic E-state index is 0.388. The molecule has 0 bridgehead atoms. The lowest BCUT2D eigenvalue weighted by Crippen LogP contribution is -2.43. The van der Waals surface area contributed by atoms with Gasteiger partial charge in [-0.2, -0.15) is 0 Å². The Hall–Kier alpha value is -0.0800. The van der Waals surface area contributed by atoms with E-state index < -0.39 is 0 Å². The minimum Gasteiger partial charge on any atom is -0.378 e. The molecule has 0 aromatic carbocycles. The van der Waals surface area contributed by atoms with Crippen LogP contribution in [0.15, 0.2) is 0 Å². The van der Waals surface area contributed by atoms with E-state index in [1.54, 1.807) is 0 Å². The molecule has 3 unspecified atom stereocenters. The van der Waals surface area contributed by atoms with Crippen molar-refractivity contribution in [2.24, 2.45) is 23.5 Å². The summed E-state index contributed by atoms with van der Waals surface area (Å²) in [6.45, 7) is 5.48. The first-order chi connectivity index (χ1) is 8.70. The Labute approximate surface area is 113 Å². The van der Waals surface area contributed by atoms with Crippen LogP contribution in [0.3, 0.4) is 0 Å². The van der Waals surface area contributed by atoms with Gasteiger partial charge in [0.25, 0.3) is 0 Å². The summed E-state index contributed by atoms with van der Waals surface area (Å²) >= 11 is 0. The summed E-state index contributed by atoms with van der Waals surface area (Å²) in [5.74, 6) is 2.63. The Bertz CT molecular complexity index is 235. The van der Waals surface area contributed by atoms with E-state index in [4.69, 9.17) is 10.5 Å². The summed E-state index contributed by atoms with van der Waals surface area (Å²) in [5.41, 5.74) is 6.43. The van der Waals surface area contributed by atoms with Crippen LogP contribution in [0, 0.1) is 17.8 Å². The molecular weight excluding hydrogens is 222 g/mol. The van der Waals surface area contributed by atoms with Gasteiger partial charge in [0.2, 0.25) is 0 Å². The van der Waals surface area contributed by atoms with Gasteiger partial charge in [0.05, 0.1) is 6.10 Å². The van der Waals surface area contributed by atoms with Crippen molar-refractivity contribution in [2.45, 2.75) is 77.4 Å². The summed E-state index contributed by atoms with van der Waals surface area (Å²) in [7, 11) is 0. The van der Waals surface area contributed by atoms with E-state index in [1.165, 1.54) is 38.5 Å². The smallest absolute Gasteiger partial charge is 0.0590 e. The van der Waals surface area contributed by atoms with Crippen molar-refractivity contribution in [3.8, 4) is 0 Å². The Morgan fingerprint density at radius 1 is 1.06 bits per heavy atom. The number of nitrogens with two attached hydrogens (primary N) is 1. The first kappa shape index (κ1) is 14.3. The minimum atomic E-state index is 0.388. The molecule has 0 radical (unpaired) electrons. The van der Waals surface area contributed by atoms with E-state index in [0.29, 0.717) is 12.1 Å². The highest BCUT2D eigenvalue weighted by molar-refractivity contribution is 4.89. The molecule has 2 rings (SSSR count). The fourth-order valence-corrected chi connectivity index (χ4v) is 3.92. The SMILES string of the molecule is CCCOC1CCC(C2CCC(C)CC2)C(N)C1. The maximum atomic E-state index is 6.43. The van der Waals surface area contributed by atoms with Gasteiger partial charge in [-0.25, -0.2) is 0 Å². The van der Waals surface area contributed by atoms with Crippen molar-refractivity contribution in [1.29, 1.82) is 0 Å². The average Bonchev–Trinajstić information content (AvgIpc) is 2.38. The van der Waals surface area contributed by atoms with Crippen molar-refractivity contribution in [3.63, 3.8) is 0 Å². The zero-order valence-electron chi connectivity index (χ0n) is 12.2. The number of ether oxygens (including phenoxy) is 1. The number of rotatable bonds is 4. The van der Waals surface area contributed by atoms with Gasteiger partial charge in [0.1, 0.15) is 0 Å². The molecule has 0 heterocycles. The molecule has 2 fully saturated rings. The molecule has 0 saturated heterocycles. The molecule has 2 nitrogen and oxygen atoms in total. The maximum absolute atomic E-state index is 6.43. The molecule has 18 heavy (non-hydrogen) atoms. The highest BCUT2D eigenvalue weighted by Gasteiger charge is 2.34. The van der Waals surface area contributed by atoms with E-state index in [1.807, 2.05) is 0 Å². The van der Waals surface area contributed by atoms with Crippen molar-refractivity contribution < 1.29 is 4.74 Å². The lowest BCUT2D eigenvalue weighted by atomic mass is 9.69. The van der Waals surface area contributed by atoms with Crippen molar-refractivity contribution >= 4 is 0 Å². The van der Waals surface area contributed by atoms with Crippen LogP contribution in [0.2, 0.25) is 0 Å². The largest absolute Gasteiger partial charge is 0.378 e. The van der Waals surface area contributed by atoms with Crippen molar-refractivity contribution in [3.05, 3.63) is 0 Å². The van der Waals surface area contributed by atoms with Gasteiger partial charge in [-0.1, -0.05) is 26.7 Å². The van der Waals surface area contributed by atoms with Gasteiger partial charge < -0.3 is 10.5 Å². The van der Waals surface area contributed by atoms with Crippen LogP contribution < -0.4 is 5.73 Å². The van der Waals surface area contributed by atoms with Crippen LogP contribution in [0.25, 0.3) is 0 Å². The third kappa shape index (κ3) is 3.71. The van der Waals surface area contributed by atoms with Crippen molar-refractivity contribution in [1.82, 2.24) is 0 Å². The van der Waals surface area contributed by atoms with Gasteiger partial charge >= 0.3 is 0 Å². The summed E-state index contributed by atoms with van der Waals surface area (Å²) in [6, 6.07) is 0.388. The Morgan fingerprint density at radius 3 is 2.39 bits per heavy atom. The second-order valence-corrected chi connectivity index (χ2v) is 6.65. The second-order valence-electron chi connectivity index (χ2n) is 6.65. The molecule has 2 aliphatic carbocycles. The monoisotopic (exact) mass is 253 g/mol. The molecule has 0 amide bonds. The average molecular weight is 253 g/mol. The van der Waals surface area contributed by atoms with E-state index in [-0.39, 0.29) is 0 Å². The van der Waals surface area contributed by atoms with Gasteiger partial charge in [0, 0.05) is 12.6 Å². The van der Waals surface area contributed by atoms with Crippen LogP contribution in [-0.4, -0.2) is 18.8 Å². The quantitative estimate of drug-likeness (QED) is 0.828. The van der Waals surface area contributed by atoms with Gasteiger partial charge in [-0.3, -0.25) is 0 Å². The summed E-state index contributed by atoms with van der Waals surface area (Å²) in [4.78, 5) is 0. The van der Waals surface area contributed by atoms with Crippen LogP contribution in [-0.2, 0) is 4.74 Å². The van der Waals surface area contributed by atoms with Gasteiger partial charge in [-0.15, -0.1) is 0 Å². The topological polar surface area (TPSA) is 35.2 Å². The first-order valence-corrected chi connectivity index (χ1v) is 8.07. The van der Waals surface area contributed by atoms with Crippen LogP contribution in [0.1, 0.15) is 65.2 Å². The summed E-state index contributed by atoms with van der Waals surface area (Å²) < 4.78 is 5.88. The van der Waals surface area contributed by atoms with E-state index >= 15 is 0 Å². The standard InChI is InChI=1S/C16H31NO/c1-3-10-18-14-8-9-15(16(17)11-14)13-6-4-12(2)5-7-13/h12-16H,3-11,17H2,1-2H3. The predicted octanol–water partition coefficient (Wildman–Crippen LogP) is 3.74. The molecule has 0 aliphatic heterocycles. The molecule has 0 aromatic heterocycles. The fraction of sp³-hybridized carbons (Fsp3) is 1.00. The molecule has 2 heteroatoms. The highest BCUT2D eigenvalue weighted by atomic mass is 16.5. The van der Waals surface area contributed by atoms with Gasteiger partial charge in [-0.05, 0) is 56.3 Å². The molecular formula is C16H31NO. The van der Waals surface area contributed by atoms with E-state index in [9.17, 15) is 0 Å². The normalized spacial score (nSPS) is 41.8. The molecule has 2 saturated carbocycles. The maximum Gasteiger partial charge on any atom is 0.0590 e. The number of hydrogen-bond donors (Lipinski definition) is 1. The molecule has 3 atom stereocenters. The van der Waals surface area contributed by atoms with Gasteiger partial charge in [0.15, 0.2) is 0 Å². The van der Waals surface area contributed by atoms with Crippen LogP contribution in [0.5, 0.6) is 0 Å². The Kier molecular flexibility index (Phi) is 5.50. The zero-order chi connectivity index (χ0) is 13.0. The second kappa shape index (κ2) is 6.91. The third-order valence-corrected chi connectivity index (χ3v) is 5.13. The summed E-state index contributed by atoms with van der Waals surface area (Å²) in [6.07, 6.45) is 10.9. The Balaban J connectivity index is 1.78. The number of hydrogen-bond acceptors (Lipinski definition) is 2. The fourth-order valence-electron chi connectivity index (χ4n) is 3.92. The molecule has 2 N–H and O–H groups in total. The molecule has 106 valence electrons.